The molecule has 2 aromatic carbocycles. The number of aliphatic hydroxyl groups is 1. The van der Waals surface area contributed by atoms with Gasteiger partial charge in [0.2, 0.25) is 11.9 Å². The number of aromatic nitrogens is 3. The average Bonchev–Trinajstić information content (AvgIpc) is 3.40. The fourth-order valence-corrected chi connectivity index (χ4v) is 5.39. The molecule has 0 aliphatic carbocycles. The summed E-state index contributed by atoms with van der Waals surface area (Å²) in [6.45, 7) is 5.98. The Labute approximate surface area is 219 Å². The molecular weight excluding hydrogens is 494 g/mol. The van der Waals surface area contributed by atoms with Crippen molar-refractivity contribution >= 4 is 34.6 Å². The molecule has 2 saturated heterocycles. The Hall–Kier alpha value is -3.77. The van der Waals surface area contributed by atoms with E-state index in [1.165, 1.54) is 20.2 Å². The largest absolute Gasteiger partial charge is 0.494 e. The van der Waals surface area contributed by atoms with Crippen LogP contribution in [0.5, 0.6) is 5.75 Å². The van der Waals surface area contributed by atoms with Gasteiger partial charge >= 0.3 is 0 Å². The van der Waals surface area contributed by atoms with Crippen LogP contribution in [0, 0.1) is 17.6 Å². The first-order valence-electron chi connectivity index (χ1n) is 12.4. The minimum absolute atomic E-state index is 0.0658. The van der Waals surface area contributed by atoms with E-state index in [0.29, 0.717) is 29.1 Å². The van der Waals surface area contributed by atoms with Crippen LogP contribution in [0.4, 0.5) is 43.4 Å². The molecule has 202 valence electrons. The first-order chi connectivity index (χ1) is 18.0. The zero-order chi connectivity index (χ0) is 27.2. The van der Waals surface area contributed by atoms with E-state index in [1.54, 1.807) is 13.2 Å². The zero-order valence-corrected chi connectivity index (χ0v) is 21.8. The third kappa shape index (κ3) is 5.01. The molecule has 1 aromatic heterocycles. The molecule has 5 rings (SSSR count). The minimum atomic E-state index is -1.44. The molecule has 3 heterocycles. The summed E-state index contributed by atoms with van der Waals surface area (Å²) in [5.74, 6) is -0.685. The summed E-state index contributed by atoms with van der Waals surface area (Å²) in [5, 5.41) is 16.4. The Balaban J connectivity index is 1.40. The molecule has 0 bridgehead atoms. The van der Waals surface area contributed by atoms with Crippen molar-refractivity contribution in [2.24, 2.45) is 5.92 Å². The summed E-state index contributed by atoms with van der Waals surface area (Å²) in [7, 11) is 3.72. The van der Waals surface area contributed by atoms with Crippen LogP contribution in [0.15, 0.2) is 30.6 Å². The van der Waals surface area contributed by atoms with Gasteiger partial charge in [0.15, 0.2) is 11.6 Å². The zero-order valence-electron chi connectivity index (χ0n) is 21.8. The quantitative estimate of drug-likeness (QED) is 0.340. The van der Waals surface area contributed by atoms with Crippen LogP contribution in [0.2, 0.25) is 0 Å². The second-order valence-electron chi connectivity index (χ2n) is 10.4. The van der Waals surface area contributed by atoms with Gasteiger partial charge in [0.1, 0.15) is 12.1 Å². The summed E-state index contributed by atoms with van der Waals surface area (Å²) < 4.78 is 33.5. The monoisotopic (exact) mass is 526 g/mol. The van der Waals surface area contributed by atoms with E-state index in [4.69, 9.17) is 10.5 Å². The highest BCUT2D eigenvalue weighted by atomic mass is 19.2. The molecule has 2 atom stereocenters. The molecule has 2 fully saturated rings. The molecule has 10 nitrogen and oxygen atoms in total. The van der Waals surface area contributed by atoms with Gasteiger partial charge < -0.3 is 36.0 Å². The molecule has 0 saturated carbocycles. The van der Waals surface area contributed by atoms with Gasteiger partial charge in [-0.2, -0.15) is 4.98 Å². The molecule has 38 heavy (non-hydrogen) atoms. The van der Waals surface area contributed by atoms with E-state index < -0.39 is 17.2 Å². The maximum Gasteiger partial charge on any atom is 0.232 e. The molecular formula is C26H32F2N8O2. The number of anilines is 6. The number of nitrogens with one attached hydrogen (secondary N) is 2. The second kappa shape index (κ2) is 9.84. The predicted molar refractivity (Wildman–Crippen MR) is 142 cm³/mol. The number of nitrogens with two attached hydrogens (primary N) is 1. The summed E-state index contributed by atoms with van der Waals surface area (Å²) in [6, 6.07) is 6.04. The maximum absolute atomic E-state index is 14.0. The third-order valence-electron chi connectivity index (χ3n) is 7.17. The van der Waals surface area contributed by atoms with Gasteiger partial charge in [0.25, 0.3) is 0 Å². The second-order valence-corrected chi connectivity index (χ2v) is 10.4. The van der Waals surface area contributed by atoms with Crippen molar-refractivity contribution < 1.29 is 18.6 Å². The van der Waals surface area contributed by atoms with E-state index in [0.717, 1.165) is 43.9 Å². The lowest BCUT2D eigenvalue weighted by molar-refractivity contribution is 0.0789. The van der Waals surface area contributed by atoms with Crippen LogP contribution >= 0.6 is 0 Å². The van der Waals surface area contributed by atoms with Crippen molar-refractivity contribution in [1.29, 1.82) is 0 Å². The van der Waals surface area contributed by atoms with Gasteiger partial charge in [-0.1, -0.05) is 0 Å². The number of fused-ring (bicyclic) bond motifs is 1. The Morgan fingerprint density at radius 1 is 1.05 bits per heavy atom. The number of nitrogens with zero attached hydrogens (tertiary/aromatic N) is 5. The average molecular weight is 527 g/mol. The topological polar surface area (TPSA) is 125 Å². The third-order valence-corrected chi connectivity index (χ3v) is 7.17. The smallest absolute Gasteiger partial charge is 0.232 e. The molecule has 0 spiro atoms. The first kappa shape index (κ1) is 25.9. The standard InChI is InChI=1S/C26H32F2N8O2/c1-26(2,37)15-7-16(27)17(28)8-19(15)32-24-30-13-31-25(34-24)33-20-9-18(29)21(10-23(20)38-4)36-6-5-14-11-35(3)12-22(14)36/h7-10,13-14,22,37H,5-6,11-12,29H2,1-4H3,(H2,30,31,32,33,34)/t14-,22+/m0/s1. The number of likely N-dealkylation sites (tertiary alicyclic amines) is 1. The number of methoxy groups -OCH3 is 1. The van der Waals surface area contributed by atoms with E-state index in [2.05, 4.69) is 42.4 Å². The molecule has 2 aliphatic heterocycles. The fraction of sp³-hybridized carbons (Fsp3) is 0.423. The number of benzene rings is 2. The van der Waals surface area contributed by atoms with Crippen LogP contribution in [0.1, 0.15) is 25.8 Å². The SMILES string of the molecule is COc1cc(N2CC[C@H]3CN(C)C[C@H]32)c(N)cc1Nc1ncnc(Nc2cc(F)c(F)cc2C(C)(C)O)n1. The summed E-state index contributed by atoms with van der Waals surface area (Å²) in [4.78, 5) is 17.3. The number of likely N-dealkylation sites (N-methyl/N-ethyl adjacent to an activating group) is 1. The van der Waals surface area contributed by atoms with E-state index in [1.807, 2.05) is 6.07 Å². The van der Waals surface area contributed by atoms with Gasteiger partial charge in [-0.25, -0.2) is 18.7 Å². The van der Waals surface area contributed by atoms with Crippen LogP contribution in [0.25, 0.3) is 0 Å². The van der Waals surface area contributed by atoms with Gasteiger partial charge in [0.05, 0.1) is 35.5 Å². The molecule has 0 amide bonds. The van der Waals surface area contributed by atoms with Crippen molar-refractivity contribution in [3.05, 3.63) is 47.8 Å². The highest BCUT2D eigenvalue weighted by Crippen LogP contribution is 2.42. The van der Waals surface area contributed by atoms with Crippen LogP contribution in [-0.4, -0.2) is 64.8 Å². The number of nitrogen functional groups attached to an aromatic ring is 1. The Kier molecular flexibility index (Phi) is 6.70. The van der Waals surface area contributed by atoms with Crippen molar-refractivity contribution in [2.75, 3.05) is 55.1 Å². The number of rotatable bonds is 7. The predicted octanol–water partition coefficient (Wildman–Crippen LogP) is 3.60. The van der Waals surface area contributed by atoms with Gasteiger partial charge in [-0.3, -0.25) is 0 Å². The summed E-state index contributed by atoms with van der Waals surface area (Å²) >= 11 is 0. The van der Waals surface area contributed by atoms with Crippen LogP contribution in [0.3, 0.4) is 0 Å². The molecule has 3 aromatic rings. The van der Waals surface area contributed by atoms with Crippen LogP contribution in [-0.2, 0) is 5.60 Å². The molecule has 0 radical (unpaired) electrons. The van der Waals surface area contributed by atoms with Crippen molar-refractivity contribution in [3.8, 4) is 5.75 Å². The number of hydrogen-bond donors (Lipinski definition) is 4. The van der Waals surface area contributed by atoms with E-state index >= 15 is 0 Å². The maximum atomic E-state index is 14.0. The van der Waals surface area contributed by atoms with Gasteiger partial charge in [-0.15, -0.1) is 0 Å². The fourth-order valence-electron chi connectivity index (χ4n) is 5.39. The highest BCUT2D eigenvalue weighted by Gasteiger charge is 2.40. The lowest BCUT2D eigenvalue weighted by Gasteiger charge is -2.28. The molecule has 12 heteroatoms. The summed E-state index contributed by atoms with van der Waals surface area (Å²) in [6.07, 6.45) is 2.40. The normalized spacial score (nSPS) is 19.5. The molecule has 0 unspecified atom stereocenters. The Morgan fingerprint density at radius 3 is 2.42 bits per heavy atom. The van der Waals surface area contributed by atoms with Crippen molar-refractivity contribution in [3.63, 3.8) is 0 Å². The lowest BCUT2D eigenvalue weighted by Crippen LogP contribution is -2.35. The minimum Gasteiger partial charge on any atom is -0.494 e. The molecule has 5 N–H and O–H groups in total. The van der Waals surface area contributed by atoms with Gasteiger partial charge in [-0.05, 0) is 45.4 Å². The highest BCUT2D eigenvalue weighted by molar-refractivity contribution is 5.80. The summed E-state index contributed by atoms with van der Waals surface area (Å²) in [5.41, 5.74) is 7.44. The first-order valence-corrected chi connectivity index (χ1v) is 12.4. The number of halogens is 2. The van der Waals surface area contributed by atoms with E-state index in [-0.39, 0.29) is 23.1 Å². The number of hydrogen-bond acceptors (Lipinski definition) is 10. The lowest BCUT2D eigenvalue weighted by atomic mass is 9.96. The molecule has 2 aliphatic rings. The van der Waals surface area contributed by atoms with Crippen LogP contribution < -0.4 is 26.0 Å². The van der Waals surface area contributed by atoms with E-state index in [9.17, 15) is 13.9 Å². The number of ether oxygens (including phenoxy) is 1. The van der Waals surface area contributed by atoms with Crippen molar-refractivity contribution in [1.82, 2.24) is 19.9 Å². The Bertz CT molecular complexity index is 1350. The van der Waals surface area contributed by atoms with Crippen molar-refractivity contribution in [2.45, 2.75) is 31.9 Å². The Morgan fingerprint density at radius 2 is 1.74 bits per heavy atom. The van der Waals surface area contributed by atoms with Gasteiger partial charge in [0, 0.05) is 43.4 Å².